The highest BCUT2D eigenvalue weighted by molar-refractivity contribution is 9.10. The number of halogens is 1. The summed E-state index contributed by atoms with van der Waals surface area (Å²) in [5.74, 6) is -0.129. The number of benzene rings is 2. The zero-order valence-electron chi connectivity index (χ0n) is 14.8. The zero-order valence-corrected chi connectivity index (χ0v) is 16.4. The standard InChI is InChI=1S/C19H21BrN2O4/c1-12(23)21-18(19(24)26-3)17(13-4-6-14(20)7-5-13)22-15-8-10-16(25-2)11-9-15/h4-11,17-18,22H,1-3H3,(H,21,23)/t17-,18+/m0/s1. The first-order chi connectivity index (χ1) is 12.4. The molecule has 2 aromatic rings. The van der Waals surface area contributed by atoms with Crippen LogP contribution in [0.5, 0.6) is 5.75 Å². The number of nitrogens with one attached hydrogen (secondary N) is 2. The molecule has 0 bridgehead atoms. The minimum atomic E-state index is -0.888. The molecular weight excluding hydrogens is 400 g/mol. The maximum absolute atomic E-state index is 12.3. The van der Waals surface area contributed by atoms with Crippen molar-refractivity contribution >= 4 is 33.5 Å². The van der Waals surface area contributed by atoms with Crippen LogP contribution in [0.15, 0.2) is 53.0 Å². The Hall–Kier alpha value is -2.54. The Morgan fingerprint density at radius 1 is 1.00 bits per heavy atom. The average molecular weight is 421 g/mol. The number of hydrogen-bond donors (Lipinski definition) is 2. The molecule has 1 amide bonds. The third-order valence-corrected chi connectivity index (χ3v) is 4.32. The molecular formula is C19H21BrN2O4. The van der Waals surface area contributed by atoms with Gasteiger partial charge in [-0.1, -0.05) is 28.1 Å². The van der Waals surface area contributed by atoms with Crippen molar-refractivity contribution in [3.8, 4) is 5.75 Å². The maximum Gasteiger partial charge on any atom is 0.330 e. The summed E-state index contributed by atoms with van der Waals surface area (Å²) in [7, 11) is 2.89. The summed E-state index contributed by atoms with van der Waals surface area (Å²) in [5.41, 5.74) is 1.60. The number of hydrogen-bond acceptors (Lipinski definition) is 5. The van der Waals surface area contributed by atoms with Crippen LogP contribution in [0.4, 0.5) is 5.69 Å². The Morgan fingerprint density at radius 3 is 2.12 bits per heavy atom. The SMILES string of the molecule is COC(=O)[C@H](NC(C)=O)[C@@H](Nc1ccc(OC)cc1)c1ccc(Br)cc1. The van der Waals surface area contributed by atoms with Gasteiger partial charge in [0.05, 0.1) is 20.3 Å². The van der Waals surface area contributed by atoms with Crippen molar-refractivity contribution in [2.75, 3.05) is 19.5 Å². The Kier molecular flexibility index (Phi) is 7.03. The van der Waals surface area contributed by atoms with Crippen molar-refractivity contribution in [2.24, 2.45) is 0 Å². The molecule has 0 unspecified atom stereocenters. The van der Waals surface area contributed by atoms with Crippen LogP contribution in [-0.2, 0) is 14.3 Å². The van der Waals surface area contributed by atoms with Gasteiger partial charge < -0.3 is 20.1 Å². The second kappa shape index (κ2) is 9.24. The fraction of sp³-hybridized carbons (Fsp3) is 0.263. The second-order valence-corrected chi connectivity index (χ2v) is 6.52. The molecule has 0 fully saturated rings. The van der Waals surface area contributed by atoms with Gasteiger partial charge in [-0.15, -0.1) is 0 Å². The van der Waals surface area contributed by atoms with E-state index in [9.17, 15) is 9.59 Å². The smallest absolute Gasteiger partial charge is 0.330 e. The lowest BCUT2D eigenvalue weighted by molar-refractivity contribution is -0.145. The van der Waals surface area contributed by atoms with Gasteiger partial charge in [-0.2, -0.15) is 0 Å². The highest BCUT2D eigenvalue weighted by Gasteiger charge is 2.31. The number of rotatable bonds is 7. The number of carbonyl (C=O) groups is 2. The van der Waals surface area contributed by atoms with E-state index < -0.39 is 18.1 Å². The van der Waals surface area contributed by atoms with Crippen LogP contribution in [0.2, 0.25) is 0 Å². The minimum absolute atomic E-state index is 0.320. The number of amides is 1. The van der Waals surface area contributed by atoms with Crippen LogP contribution in [-0.4, -0.2) is 32.1 Å². The highest BCUT2D eigenvalue weighted by Crippen LogP contribution is 2.26. The summed E-state index contributed by atoms with van der Waals surface area (Å²) in [6.07, 6.45) is 0. The first-order valence-corrected chi connectivity index (χ1v) is 8.75. The first-order valence-electron chi connectivity index (χ1n) is 7.95. The number of carbonyl (C=O) groups excluding carboxylic acids is 2. The Bertz CT molecular complexity index is 747. The van der Waals surface area contributed by atoms with Crippen molar-refractivity contribution in [3.05, 3.63) is 58.6 Å². The van der Waals surface area contributed by atoms with E-state index >= 15 is 0 Å². The lowest BCUT2D eigenvalue weighted by atomic mass is 9.98. The third kappa shape index (κ3) is 5.23. The largest absolute Gasteiger partial charge is 0.497 e. The number of anilines is 1. The molecule has 2 rings (SSSR count). The molecule has 0 saturated heterocycles. The summed E-state index contributed by atoms with van der Waals surface area (Å²) in [6.45, 7) is 1.36. The van der Waals surface area contributed by atoms with E-state index in [0.29, 0.717) is 0 Å². The van der Waals surface area contributed by atoms with Crippen molar-refractivity contribution < 1.29 is 19.1 Å². The summed E-state index contributed by atoms with van der Waals surface area (Å²) in [5, 5.41) is 5.97. The monoisotopic (exact) mass is 420 g/mol. The van der Waals surface area contributed by atoms with E-state index in [0.717, 1.165) is 21.5 Å². The number of ether oxygens (including phenoxy) is 2. The van der Waals surface area contributed by atoms with Crippen LogP contribution in [0, 0.1) is 0 Å². The van der Waals surface area contributed by atoms with E-state index in [-0.39, 0.29) is 5.91 Å². The van der Waals surface area contributed by atoms with Gasteiger partial charge in [0.15, 0.2) is 6.04 Å². The molecule has 6 nitrogen and oxygen atoms in total. The minimum Gasteiger partial charge on any atom is -0.497 e. The molecule has 0 aromatic heterocycles. The molecule has 0 heterocycles. The van der Waals surface area contributed by atoms with Crippen LogP contribution < -0.4 is 15.4 Å². The van der Waals surface area contributed by atoms with Gasteiger partial charge in [-0.05, 0) is 42.0 Å². The molecule has 0 radical (unpaired) electrons. The van der Waals surface area contributed by atoms with E-state index in [1.165, 1.54) is 14.0 Å². The predicted octanol–water partition coefficient (Wildman–Crippen LogP) is 3.29. The fourth-order valence-corrected chi connectivity index (χ4v) is 2.78. The number of esters is 1. The summed E-state index contributed by atoms with van der Waals surface area (Å²) in [6, 6.07) is 13.4. The fourth-order valence-electron chi connectivity index (χ4n) is 2.52. The van der Waals surface area contributed by atoms with E-state index in [2.05, 4.69) is 26.6 Å². The highest BCUT2D eigenvalue weighted by atomic mass is 79.9. The molecule has 0 aliphatic heterocycles. The molecule has 0 spiro atoms. The van der Waals surface area contributed by atoms with Crippen LogP contribution in [0.3, 0.4) is 0 Å². The lowest BCUT2D eigenvalue weighted by Crippen LogP contribution is -2.47. The van der Waals surface area contributed by atoms with E-state index in [1.54, 1.807) is 7.11 Å². The van der Waals surface area contributed by atoms with Crippen LogP contribution in [0.25, 0.3) is 0 Å². The molecule has 2 atom stereocenters. The van der Waals surface area contributed by atoms with Gasteiger partial charge in [0.1, 0.15) is 5.75 Å². The van der Waals surface area contributed by atoms with Gasteiger partial charge in [0, 0.05) is 17.1 Å². The molecule has 0 saturated carbocycles. The van der Waals surface area contributed by atoms with Gasteiger partial charge in [0.2, 0.25) is 5.91 Å². The molecule has 2 aromatic carbocycles. The second-order valence-electron chi connectivity index (χ2n) is 5.60. The lowest BCUT2D eigenvalue weighted by Gasteiger charge is -2.28. The molecule has 138 valence electrons. The summed E-state index contributed by atoms with van der Waals surface area (Å²) in [4.78, 5) is 23.9. The van der Waals surface area contributed by atoms with E-state index in [4.69, 9.17) is 9.47 Å². The van der Waals surface area contributed by atoms with Crippen LogP contribution >= 0.6 is 15.9 Å². The Labute approximate surface area is 161 Å². The molecule has 2 N–H and O–H groups in total. The molecule has 0 aliphatic rings. The zero-order chi connectivity index (χ0) is 19.1. The van der Waals surface area contributed by atoms with Crippen molar-refractivity contribution in [2.45, 2.75) is 19.0 Å². The third-order valence-electron chi connectivity index (χ3n) is 3.79. The number of methoxy groups -OCH3 is 2. The van der Waals surface area contributed by atoms with Gasteiger partial charge in [-0.25, -0.2) is 4.79 Å². The topological polar surface area (TPSA) is 76.7 Å². The predicted molar refractivity (Wildman–Crippen MR) is 103 cm³/mol. The van der Waals surface area contributed by atoms with Crippen molar-refractivity contribution in [3.63, 3.8) is 0 Å². The first kappa shape index (κ1) is 19.8. The summed E-state index contributed by atoms with van der Waals surface area (Å²) < 4.78 is 11.0. The Morgan fingerprint density at radius 2 is 1.62 bits per heavy atom. The Balaban J connectivity index is 2.39. The van der Waals surface area contributed by atoms with Crippen molar-refractivity contribution in [1.29, 1.82) is 0 Å². The molecule has 7 heteroatoms. The normalized spacial score (nSPS) is 12.6. The van der Waals surface area contributed by atoms with Crippen LogP contribution in [0.1, 0.15) is 18.5 Å². The van der Waals surface area contributed by atoms with E-state index in [1.807, 2.05) is 48.5 Å². The molecule has 0 aliphatic carbocycles. The quantitative estimate of drug-likeness (QED) is 0.672. The maximum atomic E-state index is 12.3. The average Bonchev–Trinajstić information content (AvgIpc) is 2.65. The van der Waals surface area contributed by atoms with Crippen molar-refractivity contribution in [1.82, 2.24) is 5.32 Å². The summed E-state index contributed by atoms with van der Waals surface area (Å²) >= 11 is 3.40. The van der Waals surface area contributed by atoms with Gasteiger partial charge in [-0.3, -0.25) is 4.79 Å². The molecule has 26 heavy (non-hydrogen) atoms. The van der Waals surface area contributed by atoms with Gasteiger partial charge >= 0.3 is 5.97 Å². The van der Waals surface area contributed by atoms with Gasteiger partial charge in [0.25, 0.3) is 0 Å².